The number of carbonyl (C=O) groups excluding carboxylic acids is 1. The van der Waals surface area contributed by atoms with Gasteiger partial charge in [0, 0.05) is 19.6 Å². The smallest absolute Gasteiger partial charge is 0.234 e. The summed E-state index contributed by atoms with van der Waals surface area (Å²) in [5.41, 5.74) is 2.32. The average molecular weight is 439 g/mol. The SMILES string of the molecule is COc1ccc(C)cc1O[C@@H]1C[C@@H]2CN(CC(=O)NCCc3ccccc3)C[C@@H]2C[C@H]1O. The number of amides is 1. The quantitative estimate of drug-likeness (QED) is 0.663. The molecule has 1 saturated heterocycles. The van der Waals surface area contributed by atoms with E-state index in [1.165, 1.54) is 5.56 Å². The van der Waals surface area contributed by atoms with E-state index < -0.39 is 6.10 Å². The number of rotatable bonds is 8. The van der Waals surface area contributed by atoms with Gasteiger partial charge in [-0.3, -0.25) is 9.69 Å². The molecule has 4 rings (SSSR count). The van der Waals surface area contributed by atoms with Gasteiger partial charge >= 0.3 is 0 Å². The first-order valence-corrected chi connectivity index (χ1v) is 11.5. The molecule has 1 aliphatic heterocycles. The maximum absolute atomic E-state index is 12.4. The molecule has 2 aliphatic rings. The number of benzene rings is 2. The van der Waals surface area contributed by atoms with Gasteiger partial charge in [-0.2, -0.15) is 0 Å². The van der Waals surface area contributed by atoms with Gasteiger partial charge in [0.2, 0.25) is 5.91 Å². The van der Waals surface area contributed by atoms with Gasteiger partial charge in [0.05, 0.1) is 19.8 Å². The molecule has 172 valence electrons. The van der Waals surface area contributed by atoms with Crippen molar-refractivity contribution in [3.63, 3.8) is 0 Å². The van der Waals surface area contributed by atoms with E-state index in [4.69, 9.17) is 9.47 Å². The summed E-state index contributed by atoms with van der Waals surface area (Å²) in [4.78, 5) is 14.6. The zero-order chi connectivity index (χ0) is 22.5. The third-order valence-electron chi connectivity index (χ3n) is 6.70. The van der Waals surface area contributed by atoms with Crippen LogP contribution in [0.1, 0.15) is 24.0 Å². The first-order chi connectivity index (χ1) is 15.5. The van der Waals surface area contributed by atoms with Crippen LogP contribution >= 0.6 is 0 Å². The highest BCUT2D eigenvalue weighted by Crippen LogP contribution is 2.39. The van der Waals surface area contributed by atoms with E-state index in [0.717, 1.165) is 31.5 Å². The molecule has 0 bridgehead atoms. The zero-order valence-corrected chi connectivity index (χ0v) is 19.0. The number of aliphatic hydroxyl groups excluding tert-OH is 1. The lowest BCUT2D eigenvalue weighted by molar-refractivity contribution is -0.122. The van der Waals surface area contributed by atoms with Crippen LogP contribution in [0, 0.1) is 18.8 Å². The summed E-state index contributed by atoms with van der Waals surface area (Å²) in [6.45, 7) is 4.80. The number of aryl methyl sites for hydroxylation is 1. The number of fused-ring (bicyclic) bond motifs is 1. The standard InChI is InChI=1S/C26H34N2O4/c1-18-8-9-23(31-2)25(12-18)32-24-14-21-16-28(15-20(21)13-22(24)29)17-26(30)27-11-10-19-6-4-3-5-7-19/h3-9,12,20-22,24,29H,10-11,13-17H2,1-2H3,(H,27,30)/t20-,21+,22+,24+/m0/s1. The molecule has 2 aromatic rings. The lowest BCUT2D eigenvalue weighted by Gasteiger charge is -2.35. The summed E-state index contributed by atoms with van der Waals surface area (Å²) in [5.74, 6) is 2.27. The molecule has 0 radical (unpaired) electrons. The predicted octanol–water partition coefficient (Wildman–Crippen LogP) is 2.81. The lowest BCUT2D eigenvalue weighted by atomic mass is 9.78. The Bertz CT molecular complexity index is 904. The molecule has 2 aromatic carbocycles. The number of carbonyl (C=O) groups is 1. The van der Waals surface area contributed by atoms with Crippen molar-refractivity contribution in [1.29, 1.82) is 0 Å². The van der Waals surface area contributed by atoms with Crippen LogP contribution in [0.2, 0.25) is 0 Å². The fraction of sp³-hybridized carbons (Fsp3) is 0.500. The second-order valence-corrected chi connectivity index (χ2v) is 9.15. The van der Waals surface area contributed by atoms with Crippen LogP contribution in [0.4, 0.5) is 0 Å². The summed E-state index contributed by atoms with van der Waals surface area (Å²) < 4.78 is 11.6. The third kappa shape index (κ3) is 5.61. The molecule has 0 spiro atoms. The molecule has 1 aliphatic carbocycles. The van der Waals surface area contributed by atoms with Crippen LogP contribution in [0.15, 0.2) is 48.5 Å². The van der Waals surface area contributed by atoms with Gasteiger partial charge in [-0.15, -0.1) is 0 Å². The molecule has 0 aromatic heterocycles. The number of hydrogen-bond acceptors (Lipinski definition) is 5. The third-order valence-corrected chi connectivity index (χ3v) is 6.70. The maximum Gasteiger partial charge on any atom is 0.234 e. The Kier molecular flexibility index (Phi) is 7.33. The van der Waals surface area contributed by atoms with Crippen LogP contribution in [0.5, 0.6) is 11.5 Å². The number of methoxy groups -OCH3 is 1. The lowest BCUT2D eigenvalue weighted by Crippen LogP contribution is -2.42. The van der Waals surface area contributed by atoms with E-state index in [9.17, 15) is 9.90 Å². The van der Waals surface area contributed by atoms with Gasteiger partial charge in [-0.1, -0.05) is 36.4 Å². The fourth-order valence-corrected chi connectivity index (χ4v) is 5.03. The number of ether oxygens (including phenoxy) is 2. The van der Waals surface area contributed by atoms with E-state index in [0.29, 0.717) is 42.8 Å². The van der Waals surface area contributed by atoms with Gasteiger partial charge in [-0.05, 0) is 61.3 Å². The predicted molar refractivity (Wildman–Crippen MR) is 124 cm³/mol. The van der Waals surface area contributed by atoms with Gasteiger partial charge in [0.1, 0.15) is 6.10 Å². The van der Waals surface area contributed by atoms with E-state index >= 15 is 0 Å². The van der Waals surface area contributed by atoms with Gasteiger partial charge in [0.15, 0.2) is 11.5 Å². The molecular formula is C26H34N2O4. The summed E-state index contributed by atoms with van der Waals surface area (Å²) in [7, 11) is 1.63. The first-order valence-electron chi connectivity index (χ1n) is 11.5. The Labute approximate surface area is 190 Å². The minimum absolute atomic E-state index is 0.0671. The molecule has 1 saturated carbocycles. The summed E-state index contributed by atoms with van der Waals surface area (Å²) in [6.07, 6.45) is 1.56. The molecule has 6 nitrogen and oxygen atoms in total. The minimum atomic E-state index is -0.513. The van der Waals surface area contributed by atoms with Crippen LogP contribution in [-0.4, -0.2) is 61.4 Å². The highest BCUT2D eigenvalue weighted by molar-refractivity contribution is 5.78. The summed E-state index contributed by atoms with van der Waals surface area (Å²) in [5, 5.41) is 13.8. The van der Waals surface area contributed by atoms with Crippen molar-refractivity contribution in [2.24, 2.45) is 11.8 Å². The zero-order valence-electron chi connectivity index (χ0n) is 19.0. The largest absolute Gasteiger partial charge is 0.493 e. The molecule has 1 amide bonds. The van der Waals surface area contributed by atoms with Crippen molar-refractivity contribution >= 4 is 5.91 Å². The van der Waals surface area contributed by atoms with E-state index in [1.54, 1.807) is 7.11 Å². The van der Waals surface area contributed by atoms with Crippen molar-refractivity contribution in [3.8, 4) is 11.5 Å². The Morgan fingerprint density at radius 2 is 1.84 bits per heavy atom. The number of likely N-dealkylation sites (tertiary alicyclic amines) is 1. The van der Waals surface area contributed by atoms with Crippen molar-refractivity contribution in [2.75, 3.05) is 33.3 Å². The van der Waals surface area contributed by atoms with Crippen LogP contribution in [-0.2, 0) is 11.2 Å². The highest BCUT2D eigenvalue weighted by atomic mass is 16.5. The van der Waals surface area contributed by atoms with E-state index in [-0.39, 0.29) is 12.0 Å². The number of nitrogens with one attached hydrogen (secondary N) is 1. The summed E-state index contributed by atoms with van der Waals surface area (Å²) >= 11 is 0. The summed E-state index contributed by atoms with van der Waals surface area (Å²) in [6, 6.07) is 16.0. The average Bonchev–Trinajstić information content (AvgIpc) is 3.15. The molecule has 1 heterocycles. The molecule has 4 atom stereocenters. The number of nitrogens with zero attached hydrogens (tertiary/aromatic N) is 1. The van der Waals surface area contributed by atoms with Crippen molar-refractivity contribution in [2.45, 2.75) is 38.4 Å². The molecule has 2 fully saturated rings. The van der Waals surface area contributed by atoms with E-state index in [1.807, 2.05) is 43.3 Å². The number of hydrogen-bond donors (Lipinski definition) is 2. The van der Waals surface area contributed by atoms with Crippen LogP contribution in [0.25, 0.3) is 0 Å². The van der Waals surface area contributed by atoms with E-state index in [2.05, 4.69) is 22.3 Å². The topological polar surface area (TPSA) is 71.0 Å². The highest BCUT2D eigenvalue weighted by Gasteiger charge is 2.43. The molecule has 2 N–H and O–H groups in total. The molecule has 32 heavy (non-hydrogen) atoms. The Morgan fingerprint density at radius 3 is 2.59 bits per heavy atom. The monoisotopic (exact) mass is 438 g/mol. The van der Waals surface area contributed by atoms with Crippen molar-refractivity contribution in [3.05, 3.63) is 59.7 Å². The van der Waals surface area contributed by atoms with Gasteiger partial charge in [-0.25, -0.2) is 0 Å². The van der Waals surface area contributed by atoms with Gasteiger partial charge in [0.25, 0.3) is 0 Å². The molecule has 0 unspecified atom stereocenters. The van der Waals surface area contributed by atoms with Crippen molar-refractivity contribution < 1.29 is 19.4 Å². The van der Waals surface area contributed by atoms with Crippen LogP contribution in [0.3, 0.4) is 0 Å². The second-order valence-electron chi connectivity index (χ2n) is 9.15. The molecular weight excluding hydrogens is 404 g/mol. The molecule has 6 heteroatoms. The normalized spacial score (nSPS) is 25.2. The Hall–Kier alpha value is -2.57. The Morgan fingerprint density at radius 1 is 1.09 bits per heavy atom. The fourth-order valence-electron chi connectivity index (χ4n) is 5.03. The second kappa shape index (κ2) is 10.4. The minimum Gasteiger partial charge on any atom is -0.493 e. The van der Waals surface area contributed by atoms with Crippen molar-refractivity contribution in [1.82, 2.24) is 10.2 Å². The van der Waals surface area contributed by atoms with Crippen LogP contribution < -0.4 is 14.8 Å². The van der Waals surface area contributed by atoms with Gasteiger partial charge < -0.3 is 19.9 Å². The number of aliphatic hydroxyl groups is 1. The Balaban J connectivity index is 1.26. The first kappa shape index (κ1) is 22.6. The maximum atomic E-state index is 12.4.